The zero-order chi connectivity index (χ0) is 16.4. The van der Waals surface area contributed by atoms with E-state index in [0.29, 0.717) is 19.8 Å². The number of likely N-dealkylation sites (tertiary alicyclic amines) is 1. The lowest BCUT2D eigenvalue weighted by molar-refractivity contribution is 0.171. The van der Waals surface area contributed by atoms with Crippen LogP contribution in [0, 0.1) is 0 Å². The number of fused-ring (bicyclic) bond motifs is 1. The maximum Gasteiger partial charge on any atom is 0.318 e. The third kappa shape index (κ3) is 3.06. The first-order chi connectivity index (χ1) is 11.8. The van der Waals surface area contributed by atoms with Crippen LogP contribution in [0.15, 0.2) is 35.0 Å². The van der Waals surface area contributed by atoms with Crippen molar-refractivity contribution in [3.05, 3.63) is 46.2 Å². The molecule has 0 aliphatic carbocycles. The summed E-state index contributed by atoms with van der Waals surface area (Å²) >= 11 is 1.68. The molecule has 1 saturated heterocycles. The molecule has 5 nitrogen and oxygen atoms in total. The molecule has 126 valence electrons. The fourth-order valence-electron chi connectivity index (χ4n) is 3.30. The van der Waals surface area contributed by atoms with Gasteiger partial charge in [-0.15, -0.1) is 0 Å². The van der Waals surface area contributed by atoms with Gasteiger partial charge in [0.05, 0.1) is 6.04 Å². The number of ether oxygens (including phenoxy) is 2. The van der Waals surface area contributed by atoms with Gasteiger partial charge in [0.15, 0.2) is 11.5 Å². The van der Waals surface area contributed by atoms with Crippen LogP contribution in [-0.4, -0.2) is 30.7 Å². The molecule has 1 atom stereocenters. The smallest absolute Gasteiger partial charge is 0.318 e. The van der Waals surface area contributed by atoms with Gasteiger partial charge in [-0.3, -0.25) is 0 Å². The van der Waals surface area contributed by atoms with Crippen molar-refractivity contribution in [3.63, 3.8) is 0 Å². The molecular formula is C18H20N2O3S. The molecule has 0 unspecified atom stereocenters. The molecule has 1 aromatic heterocycles. The normalized spacial score (nSPS) is 19.3. The van der Waals surface area contributed by atoms with Gasteiger partial charge in [0, 0.05) is 13.1 Å². The third-order valence-corrected chi connectivity index (χ3v) is 5.19. The molecular weight excluding hydrogens is 324 g/mol. The van der Waals surface area contributed by atoms with Gasteiger partial charge in [-0.25, -0.2) is 4.79 Å². The van der Waals surface area contributed by atoms with E-state index >= 15 is 0 Å². The summed E-state index contributed by atoms with van der Waals surface area (Å²) in [7, 11) is 0. The van der Waals surface area contributed by atoms with Gasteiger partial charge in [-0.05, 0) is 52.9 Å². The van der Waals surface area contributed by atoms with Crippen LogP contribution >= 0.6 is 11.3 Å². The highest BCUT2D eigenvalue weighted by atomic mass is 32.1. The second kappa shape index (κ2) is 6.73. The van der Waals surface area contributed by atoms with Crippen LogP contribution in [0.2, 0.25) is 0 Å². The van der Waals surface area contributed by atoms with E-state index in [2.05, 4.69) is 22.1 Å². The van der Waals surface area contributed by atoms with Crippen LogP contribution in [0.4, 0.5) is 4.79 Å². The molecule has 2 aromatic rings. The van der Waals surface area contributed by atoms with Gasteiger partial charge >= 0.3 is 6.03 Å². The van der Waals surface area contributed by atoms with E-state index in [0.717, 1.165) is 36.4 Å². The first-order valence-corrected chi connectivity index (χ1v) is 9.20. The molecule has 24 heavy (non-hydrogen) atoms. The highest BCUT2D eigenvalue weighted by Crippen LogP contribution is 2.33. The summed E-state index contributed by atoms with van der Waals surface area (Å²) < 4.78 is 11.1. The standard InChI is InChI=1S/C18H20N2O3S/c21-18(20-6-1-2-15(20)14-5-9-24-12-14)19-11-13-3-4-16-17(10-13)23-8-7-22-16/h3-5,9-10,12,15H,1-2,6-8,11H2,(H,19,21)/t15-/m1/s1. The van der Waals surface area contributed by atoms with Crippen LogP contribution in [0.1, 0.15) is 30.0 Å². The Balaban J connectivity index is 1.39. The zero-order valence-electron chi connectivity index (χ0n) is 13.4. The van der Waals surface area contributed by atoms with Crippen LogP contribution in [0.3, 0.4) is 0 Å². The van der Waals surface area contributed by atoms with Gasteiger partial charge in [-0.1, -0.05) is 6.07 Å². The van der Waals surface area contributed by atoms with Crippen molar-refractivity contribution >= 4 is 17.4 Å². The van der Waals surface area contributed by atoms with Crippen molar-refractivity contribution in [1.82, 2.24) is 10.2 Å². The number of carbonyl (C=O) groups is 1. The van der Waals surface area contributed by atoms with Crippen LogP contribution in [0.5, 0.6) is 11.5 Å². The van der Waals surface area contributed by atoms with Gasteiger partial charge < -0.3 is 19.7 Å². The molecule has 3 heterocycles. The number of nitrogens with one attached hydrogen (secondary N) is 1. The fourth-order valence-corrected chi connectivity index (χ4v) is 4.00. The molecule has 6 heteroatoms. The molecule has 1 aromatic carbocycles. The second-order valence-electron chi connectivity index (χ2n) is 6.04. The van der Waals surface area contributed by atoms with Crippen LogP contribution in [0.25, 0.3) is 0 Å². The predicted octanol–water partition coefficient (Wildman–Crippen LogP) is 3.57. The summed E-state index contributed by atoms with van der Waals surface area (Å²) in [6.45, 7) is 2.46. The Morgan fingerprint density at radius 3 is 2.96 bits per heavy atom. The summed E-state index contributed by atoms with van der Waals surface area (Å²) in [5.41, 5.74) is 2.26. The summed E-state index contributed by atoms with van der Waals surface area (Å²) in [6.07, 6.45) is 2.09. The average molecular weight is 344 g/mol. The Morgan fingerprint density at radius 2 is 2.12 bits per heavy atom. The Bertz CT molecular complexity index is 717. The van der Waals surface area contributed by atoms with Crippen molar-refractivity contribution < 1.29 is 14.3 Å². The van der Waals surface area contributed by atoms with Gasteiger partial charge in [-0.2, -0.15) is 11.3 Å². The van der Waals surface area contributed by atoms with Crippen molar-refractivity contribution in [2.75, 3.05) is 19.8 Å². The van der Waals surface area contributed by atoms with E-state index in [4.69, 9.17) is 9.47 Å². The quantitative estimate of drug-likeness (QED) is 0.926. The number of carbonyl (C=O) groups excluding carboxylic acids is 1. The zero-order valence-corrected chi connectivity index (χ0v) is 14.2. The number of benzene rings is 1. The maximum absolute atomic E-state index is 12.6. The molecule has 1 fully saturated rings. The minimum atomic E-state index is -0.00131. The minimum Gasteiger partial charge on any atom is -0.486 e. The maximum atomic E-state index is 12.6. The third-order valence-electron chi connectivity index (χ3n) is 4.49. The van der Waals surface area contributed by atoms with E-state index in [1.54, 1.807) is 11.3 Å². The van der Waals surface area contributed by atoms with E-state index < -0.39 is 0 Å². The number of hydrogen-bond donors (Lipinski definition) is 1. The Morgan fingerprint density at radius 1 is 1.25 bits per heavy atom. The number of thiophene rings is 1. The molecule has 2 aliphatic rings. The lowest BCUT2D eigenvalue weighted by Crippen LogP contribution is -2.39. The van der Waals surface area contributed by atoms with Crippen LogP contribution < -0.4 is 14.8 Å². The van der Waals surface area contributed by atoms with Crippen molar-refractivity contribution in [2.24, 2.45) is 0 Å². The first kappa shape index (κ1) is 15.3. The molecule has 0 spiro atoms. The molecule has 0 bridgehead atoms. The van der Waals surface area contributed by atoms with Crippen LogP contribution in [-0.2, 0) is 6.54 Å². The highest BCUT2D eigenvalue weighted by Gasteiger charge is 2.30. The Hall–Kier alpha value is -2.21. The average Bonchev–Trinajstić information content (AvgIpc) is 3.30. The summed E-state index contributed by atoms with van der Waals surface area (Å²) in [4.78, 5) is 14.5. The minimum absolute atomic E-state index is 0.00131. The van der Waals surface area contributed by atoms with E-state index in [1.807, 2.05) is 23.1 Å². The first-order valence-electron chi connectivity index (χ1n) is 8.26. The van der Waals surface area contributed by atoms with E-state index in [9.17, 15) is 4.79 Å². The Kier molecular flexibility index (Phi) is 4.30. The molecule has 2 amide bonds. The molecule has 1 N–H and O–H groups in total. The summed E-state index contributed by atoms with van der Waals surface area (Å²) in [6, 6.07) is 8.13. The van der Waals surface area contributed by atoms with Gasteiger partial charge in [0.2, 0.25) is 0 Å². The lowest BCUT2D eigenvalue weighted by Gasteiger charge is -2.25. The summed E-state index contributed by atoms with van der Waals surface area (Å²) in [5, 5.41) is 7.24. The van der Waals surface area contributed by atoms with E-state index in [1.165, 1.54) is 5.56 Å². The number of urea groups is 1. The molecule has 2 aliphatic heterocycles. The van der Waals surface area contributed by atoms with Gasteiger partial charge in [0.25, 0.3) is 0 Å². The Labute approximate surface area is 145 Å². The van der Waals surface area contributed by atoms with Crippen molar-refractivity contribution in [2.45, 2.75) is 25.4 Å². The number of rotatable bonds is 3. The highest BCUT2D eigenvalue weighted by molar-refractivity contribution is 7.07. The fraction of sp³-hybridized carbons (Fsp3) is 0.389. The summed E-state index contributed by atoms with van der Waals surface area (Å²) in [5.74, 6) is 1.53. The SMILES string of the molecule is O=C(NCc1ccc2c(c1)OCCO2)N1CCC[C@@H]1c1ccsc1. The topological polar surface area (TPSA) is 50.8 Å². The predicted molar refractivity (Wildman–Crippen MR) is 92.7 cm³/mol. The van der Waals surface area contributed by atoms with Crippen molar-refractivity contribution in [3.8, 4) is 11.5 Å². The number of hydrogen-bond acceptors (Lipinski definition) is 4. The van der Waals surface area contributed by atoms with Gasteiger partial charge in [0.1, 0.15) is 13.2 Å². The molecule has 4 rings (SSSR count). The number of nitrogens with zero attached hydrogens (tertiary/aromatic N) is 1. The molecule has 0 saturated carbocycles. The number of amides is 2. The largest absolute Gasteiger partial charge is 0.486 e. The van der Waals surface area contributed by atoms with Crippen molar-refractivity contribution in [1.29, 1.82) is 0 Å². The monoisotopic (exact) mass is 344 g/mol. The lowest BCUT2D eigenvalue weighted by atomic mass is 10.1. The molecule has 0 radical (unpaired) electrons. The second-order valence-corrected chi connectivity index (χ2v) is 6.82. The van der Waals surface area contributed by atoms with E-state index in [-0.39, 0.29) is 12.1 Å².